The highest BCUT2D eigenvalue weighted by Gasteiger charge is 2.22. The maximum absolute atomic E-state index is 2.59. The molecule has 4 aromatic rings. The highest BCUT2D eigenvalue weighted by atomic mass is 32.1. The maximum Gasteiger partial charge on any atom is 0.0534 e. The highest BCUT2D eigenvalue weighted by molar-refractivity contribution is 7.19. The largest absolute Gasteiger partial charge is 0.317 e. The highest BCUT2D eigenvalue weighted by Crippen LogP contribution is 2.41. The van der Waals surface area contributed by atoms with Crippen molar-refractivity contribution in [2.45, 2.75) is 51.4 Å². The van der Waals surface area contributed by atoms with Gasteiger partial charge in [-0.15, -0.1) is 11.3 Å². The van der Waals surface area contributed by atoms with E-state index in [-0.39, 0.29) is 0 Å². The zero-order valence-electron chi connectivity index (χ0n) is 21.7. The summed E-state index contributed by atoms with van der Waals surface area (Å²) in [6.07, 6.45) is 30.1. The molecule has 38 heavy (non-hydrogen) atoms. The van der Waals surface area contributed by atoms with Crippen molar-refractivity contribution in [2.75, 3.05) is 0 Å². The van der Waals surface area contributed by atoms with Gasteiger partial charge in [-0.2, -0.15) is 0 Å². The van der Waals surface area contributed by atoms with E-state index in [1.807, 2.05) is 11.3 Å². The number of fused-ring (bicyclic) bond motifs is 6. The SMILES string of the molecule is C1=CCCC(C2=CC=C(n3c4c(c5cc(-c6ccc7sc8c(c7c6)C=CCC8)ccc53)C=CCC4)CC2)=C1. The Morgan fingerprint density at radius 1 is 0.632 bits per heavy atom. The molecular formula is C36H31NS. The van der Waals surface area contributed by atoms with Crippen molar-refractivity contribution in [3.63, 3.8) is 0 Å². The zero-order chi connectivity index (χ0) is 25.1. The van der Waals surface area contributed by atoms with Crippen LogP contribution < -0.4 is 0 Å². The molecule has 0 saturated heterocycles. The first-order valence-electron chi connectivity index (χ1n) is 14.2. The number of aromatic nitrogens is 1. The third kappa shape index (κ3) is 3.58. The molecule has 1 nitrogen and oxygen atoms in total. The lowest BCUT2D eigenvalue weighted by Crippen LogP contribution is -2.07. The van der Waals surface area contributed by atoms with E-state index in [1.165, 1.54) is 91.5 Å². The normalized spacial score (nSPS) is 18.4. The van der Waals surface area contributed by atoms with Crippen molar-refractivity contribution >= 4 is 50.2 Å². The molecule has 2 heteroatoms. The first-order chi connectivity index (χ1) is 18.8. The maximum atomic E-state index is 2.59. The molecule has 0 saturated carbocycles. The van der Waals surface area contributed by atoms with Crippen molar-refractivity contribution in [2.24, 2.45) is 0 Å². The Bertz CT molecular complexity index is 1810. The van der Waals surface area contributed by atoms with Gasteiger partial charge >= 0.3 is 0 Å². The molecule has 0 spiro atoms. The van der Waals surface area contributed by atoms with Crippen molar-refractivity contribution in [1.29, 1.82) is 0 Å². The van der Waals surface area contributed by atoms with E-state index in [0.717, 1.165) is 25.7 Å². The summed E-state index contributed by atoms with van der Waals surface area (Å²) in [5, 5.41) is 2.80. The standard InChI is InChI=1S/C36H31NS/c1-2-8-24(9-3-1)25-14-18-28(19-15-25)37-33-12-6-4-10-29(33)31-22-26(16-20-34(31)37)27-17-21-36-32(23-27)30-11-5-7-13-35(30)38-36/h1-2,4-5,8,10-11,14,16-18,20-23H,3,6-7,9,12-13,15,19H2. The molecule has 0 N–H and O–H groups in total. The van der Waals surface area contributed by atoms with Crippen LogP contribution in [-0.2, 0) is 12.8 Å². The molecule has 0 bridgehead atoms. The van der Waals surface area contributed by atoms with E-state index in [4.69, 9.17) is 0 Å². The Morgan fingerprint density at radius 2 is 1.42 bits per heavy atom. The number of benzene rings is 2. The summed E-state index contributed by atoms with van der Waals surface area (Å²) in [4.78, 5) is 1.54. The molecule has 0 aliphatic heterocycles. The fourth-order valence-corrected chi connectivity index (χ4v) is 8.00. The summed E-state index contributed by atoms with van der Waals surface area (Å²) in [7, 11) is 0. The van der Waals surface area contributed by atoms with Gasteiger partial charge in [-0.3, -0.25) is 0 Å². The van der Waals surface area contributed by atoms with Gasteiger partial charge in [0.25, 0.3) is 0 Å². The van der Waals surface area contributed by atoms with Crippen LogP contribution in [0.4, 0.5) is 0 Å². The quantitative estimate of drug-likeness (QED) is 0.259. The van der Waals surface area contributed by atoms with Gasteiger partial charge in [-0.1, -0.05) is 60.7 Å². The predicted octanol–water partition coefficient (Wildman–Crippen LogP) is 10.3. The predicted molar refractivity (Wildman–Crippen MR) is 166 cm³/mol. The van der Waals surface area contributed by atoms with Crippen LogP contribution in [0.1, 0.15) is 60.2 Å². The summed E-state index contributed by atoms with van der Waals surface area (Å²) in [6, 6.07) is 14.2. The number of hydrogen-bond donors (Lipinski definition) is 0. The zero-order valence-corrected chi connectivity index (χ0v) is 22.5. The molecule has 0 fully saturated rings. The van der Waals surface area contributed by atoms with Crippen LogP contribution in [0, 0.1) is 0 Å². The average molecular weight is 510 g/mol. The summed E-state index contributed by atoms with van der Waals surface area (Å²) in [5.41, 5.74) is 12.8. The molecule has 186 valence electrons. The van der Waals surface area contributed by atoms with Gasteiger partial charge < -0.3 is 4.57 Å². The Labute approximate surface area is 228 Å². The van der Waals surface area contributed by atoms with Crippen LogP contribution in [0.2, 0.25) is 0 Å². The van der Waals surface area contributed by atoms with Gasteiger partial charge in [0, 0.05) is 37.3 Å². The Hall–Kier alpha value is -3.62. The van der Waals surface area contributed by atoms with Gasteiger partial charge in [0.15, 0.2) is 0 Å². The molecule has 4 aliphatic carbocycles. The fourth-order valence-electron chi connectivity index (χ4n) is 6.81. The van der Waals surface area contributed by atoms with Crippen LogP contribution in [0.15, 0.2) is 90.1 Å². The molecule has 8 rings (SSSR count). The average Bonchev–Trinajstić information content (AvgIpc) is 3.53. The van der Waals surface area contributed by atoms with Gasteiger partial charge in [-0.05, 0) is 110 Å². The van der Waals surface area contributed by atoms with Crippen molar-refractivity contribution < 1.29 is 0 Å². The van der Waals surface area contributed by atoms with Crippen LogP contribution in [0.25, 0.3) is 50.0 Å². The number of thiophene rings is 1. The summed E-state index contributed by atoms with van der Waals surface area (Å²) in [5.74, 6) is 0. The van der Waals surface area contributed by atoms with E-state index in [9.17, 15) is 0 Å². The molecule has 0 radical (unpaired) electrons. The minimum Gasteiger partial charge on any atom is -0.317 e. The van der Waals surface area contributed by atoms with Gasteiger partial charge in [-0.25, -0.2) is 0 Å². The first kappa shape index (κ1) is 22.4. The second-order valence-corrected chi connectivity index (χ2v) is 12.1. The number of allylic oxidation sites excluding steroid dienone is 10. The third-order valence-corrected chi connectivity index (χ3v) is 9.99. The van der Waals surface area contributed by atoms with Crippen LogP contribution in [0.5, 0.6) is 0 Å². The number of hydrogen-bond acceptors (Lipinski definition) is 1. The molecule has 2 aromatic heterocycles. The van der Waals surface area contributed by atoms with E-state index >= 15 is 0 Å². The molecule has 2 heterocycles. The van der Waals surface area contributed by atoms with Crippen LogP contribution in [-0.4, -0.2) is 4.57 Å². The number of aryl methyl sites for hydroxylation is 1. The van der Waals surface area contributed by atoms with E-state index < -0.39 is 0 Å². The molecule has 2 aromatic carbocycles. The van der Waals surface area contributed by atoms with Gasteiger partial charge in [0.05, 0.1) is 5.52 Å². The van der Waals surface area contributed by atoms with Crippen molar-refractivity contribution in [3.05, 3.63) is 112 Å². The van der Waals surface area contributed by atoms with Crippen molar-refractivity contribution in [1.82, 2.24) is 4.57 Å². The minimum atomic E-state index is 1.10. The van der Waals surface area contributed by atoms with E-state index in [0.29, 0.717) is 0 Å². The van der Waals surface area contributed by atoms with Crippen molar-refractivity contribution in [3.8, 4) is 11.1 Å². The molecule has 4 aliphatic rings. The number of rotatable bonds is 3. The Balaban J connectivity index is 1.24. The fraction of sp³-hybridized carbons (Fsp3) is 0.222. The third-order valence-electron chi connectivity index (χ3n) is 8.74. The minimum absolute atomic E-state index is 1.10. The summed E-state index contributed by atoms with van der Waals surface area (Å²) in [6.45, 7) is 0. The summed E-state index contributed by atoms with van der Waals surface area (Å²) >= 11 is 1.97. The Kier molecular flexibility index (Phi) is 5.29. The van der Waals surface area contributed by atoms with Gasteiger partial charge in [0.2, 0.25) is 0 Å². The second-order valence-electron chi connectivity index (χ2n) is 11.0. The second kappa shape index (κ2) is 8.99. The summed E-state index contributed by atoms with van der Waals surface area (Å²) < 4.78 is 4.00. The number of nitrogens with zero attached hydrogens (tertiary/aromatic N) is 1. The Morgan fingerprint density at radius 3 is 2.26 bits per heavy atom. The van der Waals surface area contributed by atoms with E-state index in [1.54, 1.807) is 4.88 Å². The smallest absolute Gasteiger partial charge is 0.0534 e. The lowest BCUT2D eigenvalue weighted by molar-refractivity contribution is 0.841. The molecular weight excluding hydrogens is 478 g/mol. The van der Waals surface area contributed by atoms with Gasteiger partial charge in [0.1, 0.15) is 0 Å². The van der Waals surface area contributed by atoms with Crippen LogP contribution >= 0.6 is 11.3 Å². The monoisotopic (exact) mass is 509 g/mol. The topological polar surface area (TPSA) is 4.93 Å². The lowest BCUT2D eigenvalue weighted by Gasteiger charge is -2.22. The first-order valence-corrected chi connectivity index (χ1v) is 15.0. The van der Waals surface area contributed by atoms with E-state index in [2.05, 4.69) is 95.6 Å². The van der Waals surface area contributed by atoms with Crippen LogP contribution in [0.3, 0.4) is 0 Å². The molecule has 0 amide bonds. The lowest BCUT2D eigenvalue weighted by atomic mass is 9.90. The molecule has 0 unspecified atom stereocenters. The molecule has 0 atom stereocenters.